The van der Waals surface area contributed by atoms with Gasteiger partial charge in [0.25, 0.3) is 5.91 Å². The number of fused-ring (bicyclic) bond motifs is 2. The van der Waals surface area contributed by atoms with Gasteiger partial charge in [0.1, 0.15) is 0 Å². The van der Waals surface area contributed by atoms with Gasteiger partial charge in [-0.3, -0.25) is 14.4 Å². The number of nitrogens with two attached hydrogens (primary N) is 1. The van der Waals surface area contributed by atoms with Gasteiger partial charge in [0.2, 0.25) is 11.6 Å². The highest BCUT2D eigenvalue weighted by atomic mass is 16.6. The van der Waals surface area contributed by atoms with Gasteiger partial charge in [-0.15, -0.1) is 0 Å². The van der Waals surface area contributed by atoms with Crippen LogP contribution in [0.4, 0.5) is 4.79 Å². The van der Waals surface area contributed by atoms with Crippen LogP contribution in [0.5, 0.6) is 0 Å². The van der Waals surface area contributed by atoms with Crippen LogP contribution in [-0.2, 0) is 28.6 Å². The summed E-state index contributed by atoms with van der Waals surface area (Å²) in [5, 5.41) is 16.6. The number of carbonyl (C=O) groups excluding carboxylic acids is 4. The molecule has 1 aliphatic carbocycles. The number of amides is 2. The van der Waals surface area contributed by atoms with Crippen molar-refractivity contribution in [2.45, 2.75) is 77.8 Å². The summed E-state index contributed by atoms with van der Waals surface area (Å²) in [6.45, 7) is 7.09. The third-order valence-corrected chi connectivity index (χ3v) is 7.37. The molecule has 0 aromatic rings. The van der Waals surface area contributed by atoms with E-state index in [1.807, 2.05) is 13.8 Å². The Bertz CT molecular complexity index is 1110. The SMILES string of the molecule is CNC1=C2C[C@@H](C)C[C@H](OC)[C@H](O)[C@@H](C)C=C(C)[C@H](OC(N)=O)[C@@H](OC)CCC=C(C)C(=O)NC(=CC1=O)C2=O. The van der Waals surface area contributed by atoms with Gasteiger partial charge < -0.3 is 35.7 Å². The maximum atomic E-state index is 13.4. The second-order valence-corrected chi connectivity index (χ2v) is 10.5. The highest BCUT2D eigenvalue weighted by Crippen LogP contribution is 2.29. The predicted molar refractivity (Wildman–Crippen MR) is 149 cm³/mol. The van der Waals surface area contributed by atoms with Crippen LogP contribution in [0.25, 0.3) is 0 Å². The van der Waals surface area contributed by atoms with E-state index in [1.165, 1.54) is 14.2 Å². The van der Waals surface area contributed by atoms with Gasteiger partial charge in [0.05, 0.1) is 29.7 Å². The molecule has 0 saturated carbocycles. The Morgan fingerprint density at radius 2 is 1.77 bits per heavy atom. The summed E-state index contributed by atoms with van der Waals surface area (Å²) in [5.74, 6) is -1.94. The number of hydrogen-bond donors (Lipinski definition) is 4. The molecule has 2 amide bonds. The summed E-state index contributed by atoms with van der Waals surface area (Å²) >= 11 is 0. The molecule has 1 aliphatic heterocycles. The van der Waals surface area contributed by atoms with E-state index >= 15 is 0 Å². The number of aliphatic hydroxyl groups excluding tert-OH is 1. The molecule has 222 valence electrons. The maximum Gasteiger partial charge on any atom is 0.405 e. The second-order valence-electron chi connectivity index (χ2n) is 10.5. The highest BCUT2D eigenvalue weighted by molar-refractivity contribution is 6.23. The number of allylic oxidation sites excluding steroid dienone is 3. The zero-order valence-corrected chi connectivity index (χ0v) is 24.4. The maximum absolute atomic E-state index is 13.4. The summed E-state index contributed by atoms with van der Waals surface area (Å²) in [6, 6.07) is 0. The lowest BCUT2D eigenvalue weighted by Gasteiger charge is -2.30. The number of likely N-dealkylation sites (N-methyl/N-ethyl adjacent to an activating group) is 1. The minimum Gasteiger partial charge on any atom is -0.439 e. The monoisotopic (exact) mass is 561 g/mol. The lowest BCUT2D eigenvalue weighted by molar-refractivity contribution is -0.120. The van der Waals surface area contributed by atoms with Crippen molar-refractivity contribution in [3.8, 4) is 0 Å². The fourth-order valence-electron chi connectivity index (χ4n) is 5.16. The van der Waals surface area contributed by atoms with Gasteiger partial charge in [0.15, 0.2) is 6.10 Å². The second kappa shape index (κ2) is 14.9. The molecule has 0 fully saturated rings. The Hall–Kier alpha value is -3.28. The average Bonchev–Trinajstić information content (AvgIpc) is 2.90. The standard InChI is InChI=1S/C29H43N3O8/c1-15-11-19-24(31-5)21(33)14-20(26(19)35)32-28(36)16(2)9-8-10-22(38-6)27(40-29(30)37)18(4)13-17(3)25(34)23(12-15)39-7/h9,13-15,17,22-23,25,27,31,34H,8,10-12H2,1-7H3,(H2,30,37)(H,32,36)/t15-,17+,22+,23+,25-,27+/m1/s1. The van der Waals surface area contributed by atoms with Gasteiger partial charge >= 0.3 is 6.09 Å². The van der Waals surface area contributed by atoms with Crippen LogP contribution in [0.15, 0.2) is 46.3 Å². The molecule has 2 rings (SSSR count). The molecule has 2 bridgehead atoms. The first-order valence-corrected chi connectivity index (χ1v) is 13.4. The zero-order chi connectivity index (χ0) is 30.1. The number of Topliss-reactive ketones (excluding diaryl/α,β-unsaturated/α-hetero) is 1. The van der Waals surface area contributed by atoms with Crippen molar-refractivity contribution in [3.05, 3.63) is 46.3 Å². The first kappa shape index (κ1) is 32.9. The van der Waals surface area contributed by atoms with Crippen LogP contribution in [0.2, 0.25) is 0 Å². The predicted octanol–water partition coefficient (Wildman–Crippen LogP) is 2.21. The summed E-state index contributed by atoms with van der Waals surface area (Å²) < 4.78 is 16.7. The molecule has 0 aromatic heterocycles. The minimum atomic E-state index is -0.963. The lowest BCUT2D eigenvalue weighted by atomic mass is 9.85. The molecular weight excluding hydrogens is 518 g/mol. The third-order valence-electron chi connectivity index (χ3n) is 7.37. The number of primary amides is 1. The molecule has 2 aliphatic rings. The Morgan fingerprint density at radius 1 is 1.12 bits per heavy atom. The van der Waals surface area contributed by atoms with Gasteiger partial charge in [-0.25, -0.2) is 4.79 Å². The average molecular weight is 562 g/mol. The van der Waals surface area contributed by atoms with E-state index in [2.05, 4.69) is 10.6 Å². The van der Waals surface area contributed by atoms with Crippen molar-refractivity contribution >= 4 is 23.6 Å². The van der Waals surface area contributed by atoms with Crippen LogP contribution >= 0.6 is 0 Å². The van der Waals surface area contributed by atoms with E-state index in [0.717, 1.165) is 6.08 Å². The Kier molecular flexibility index (Phi) is 12.3. The Balaban J connectivity index is 2.54. The number of methoxy groups -OCH3 is 2. The summed E-state index contributed by atoms with van der Waals surface area (Å²) in [7, 11) is 4.55. The number of carbonyl (C=O) groups is 4. The van der Waals surface area contributed by atoms with Crippen LogP contribution < -0.4 is 16.4 Å². The van der Waals surface area contributed by atoms with Gasteiger partial charge in [0, 0.05) is 44.4 Å². The van der Waals surface area contributed by atoms with E-state index in [1.54, 1.807) is 33.0 Å². The van der Waals surface area contributed by atoms with Crippen molar-refractivity contribution in [3.63, 3.8) is 0 Å². The molecule has 1 heterocycles. The van der Waals surface area contributed by atoms with Crippen LogP contribution in [0, 0.1) is 11.8 Å². The number of ether oxygens (including phenoxy) is 3. The van der Waals surface area contributed by atoms with Gasteiger partial charge in [-0.2, -0.15) is 0 Å². The molecule has 6 atom stereocenters. The van der Waals surface area contributed by atoms with E-state index in [0.29, 0.717) is 30.4 Å². The Labute approximate surface area is 235 Å². The molecule has 11 heteroatoms. The summed E-state index contributed by atoms with van der Waals surface area (Å²) in [6.07, 6.45) is 2.06. The normalized spacial score (nSPS) is 29.7. The number of nitrogens with one attached hydrogen (secondary N) is 2. The number of aliphatic hydroxyl groups is 1. The molecule has 0 radical (unpaired) electrons. The van der Waals surface area contributed by atoms with Crippen molar-refractivity contribution in [2.24, 2.45) is 17.6 Å². The largest absolute Gasteiger partial charge is 0.439 e. The Morgan fingerprint density at radius 3 is 2.35 bits per heavy atom. The van der Waals surface area contributed by atoms with E-state index in [9.17, 15) is 24.3 Å². The molecule has 40 heavy (non-hydrogen) atoms. The molecule has 0 unspecified atom stereocenters. The van der Waals surface area contributed by atoms with Crippen molar-refractivity contribution in [1.82, 2.24) is 10.6 Å². The number of rotatable bonds is 4. The quantitative estimate of drug-likeness (QED) is 0.297. The smallest absolute Gasteiger partial charge is 0.405 e. The van der Waals surface area contributed by atoms with Crippen molar-refractivity contribution in [1.29, 1.82) is 0 Å². The van der Waals surface area contributed by atoms with E-state index in [4.69, 9.17) is 19.9 Å². The first-order valence-electron chi connectivity index (χ1n) is 13.4. The van der Waals surface area contributed by atoms with E-state index < -0.39 is 53.9 Å². The highest BCUT2D eigenvalue weighted by Gasteiger charge is 2.33. The topological polar surface area (TPSA) is 166 Å². The summed E-state index contributed by atoms with van der Waals surface area (Å²) in [5.41, 5.74) is 6.68. The fraction of sp³-hybridized carbons (Fsp3) is 0.586. The molecule has 11 nitrogen and oxygen atoms in total. The molecule has 5 N–H and O–H groups in total. The minimum absolute atomic E-state index is 0.0941. The third kappa shape index (κ3) is 8.36. The van der Waals surface area contributed by atoms with Crippen molar-refractivity contribution in [2.75, 3.05) is 21.3 Å². The molecule has 0 aromatic carbocycles. The first-order chi connectivity index (χ1) is 18.8. The van der Waals surface area contributed by atoms with Crippen molar-refractivity contribution < 1.29 is 38.5 Å². The summed E-state index contributed by atoms with van der Waals surface area (Å²) in [4.78, 5) is 50.8. The van der Waals surface area contributed by atoms with Crippen LogP contribution in [0.1, 0.15) is 53.4 Å². The fourth-order valence-corrected chi connectivity index (χ4v) is 5.16. The van der Waals surface area contributed by atoms with Crippen LogP contribution in [-0.4, -0.2) is 74.4 Å². The molecule has 0 saturated heterocycles. The van der Waals surface area contributed by atoms with Gasteiger partial charge in [-0.1, -0.05) is 26.0 Å². The lowest BCUT2D eigenvalue weighted by Crippen LogP contribution is -2.38. The van der Waals surface area contributed by atoms with Crippen LogP contribution in [0.3, 0.4) is 0 Å². The zero-order valence-electron chi connectivity index (χ0n) is 24.4. The van der Waals surface area contributed by atoms with Gasteiger partial charge in [-0.05, 0) is 51.0 Å². The number of hydrogen-bond acceptors (Lipinski definition) is 9. The number of ketones is 2. The van der Waals surface area contributed by atoms with E-state index in [-0.39, 0.29) is 29.3 Å². The molecule has 0 spiro atoms. The molecular formula is C29H43N3O8.